The van der Waals surface area contributed by atoms with E-state index in [0.29, 0.717) is 30.3 Å². The Morgan fingerprint density at radius 3 is 2.83 bits per heavy atom. The van der Waals surface area contributed by atoms with Crippen LogP contribution in [0.3, 0.4) is 0 Å². The Kier molecular flexibility index (Phi) is 6.09. The first-order valence-electron chi connectivity index (χ1n) is 10.5. The highest BCUT2D eigenvalue weighted by Gasteiger charge is 2.23. The van der Waals surface area contributed by atoms with Gasteiger partial charge in [-0.1, -0.05) is 37.5 Å². The smallest absolute Gasteiger partial charge is 0.260 e. The summed E-state index contributed by atoms with van der Waals surface area (Å²) in [6.07, 6.45) is 8.23. The minimum absolute atomic E-state index is 0.0186. The lowest BCUT2D eigenvalue weighted by atomic mass is 9.85. The highest BCUT2D eigenvalue weighted by atomic mass is 32.1. The molecule has 152 valence electrons. The molecule has 0 radical (unpaired) electrons. The molecule has 1 aliphatic rings. The Balaban J connectivity index is 1.54. The molecule has 3 aromatic rings. The lowest BCUT2D eigenvalue weighted by molar-refractivity contribution is 0.0989. The lowest BCUT2D eigenvalue weighted by Crippen LogP contribution is -2.32. The highest BCUT2D eigenvalue weighted by Crippen LogP contribution is 2.29. The fraction of sp³-hybridized carbons (Fsp3) is 0.435. The second-order valence-electron chi connectivity index (χ2n) is 7.76. The fourth-order valence-electron chi connectivity index (χ4n) is 4.22. The van der Waals surface area contributed by atoms with Gasteiger partial charge in [0, 0.05) is 34.2 Å². The number of nitrogens with one attached hydrogen (secondary N) is 1. The van der Waals surface area contributed by atoms with E-state index >= 15 is 0 Å². The van der Waals surface area contributed by atoms with E-state index in [-0.39, 0.29) is 5.91 Å². The molecule has 1 amide bonds. The average Bonchev–Trinajstić information content (AvgIpc) is 3.19. The first kappa shape index (κ1) is 19.8. The normalized spacial score (nSPS) is 15.9. The fourth-order valence-corrected chi connectivity index (χ4v) is 5.16. The molecule has 0 saturated heterocycles. The molecule has 5 nitrogen and oxygen atoms in total. The third-order valence-corrected chi connectivity index (χ3v) is 6.87. The summed E-state index contributed by atoms with van der Waals surface area (Å²) in [6, 6.07) is 10.2. The molecule has 1 aliphatic carbocycles. The number of hydrogen-bond donors (Lipinski definition) is 1. The summed E-state index contributed by atoms with van der Waals surface area (Å²) in [4.78, 5) is 24.1. The van der Waals surface area contributed by atoms with Gasteiger partial charge in [-0.15, -0.1) is 11.3 Å². The van der Waals surface area contributed by atoms with Gasteiger partial charge in [0.1, 0.15) is 5.82 Å². The SMILES string of the molecule is CCN(C(=O)c1csc2ccccc12)c1ccnc(N[C@@H](C)C2CCCCC2)n1. The van der Waals surface area contributed by atoms with Gasteiger partial charge < -0.3 is 5.32 Å². The van der Waals surface area contributed by atoms with Crippen LogP contribution in [-0.2, 0) is 0 Å². The van der Waals surface area contributed by atoms with E-state index in [2.05, 4.69) is 22.2 Å². The zero-order chi connectivity index (χ0) is 20.2. The Hall–Kier alpha value is -2.47. The van der Waals surface area contributed by atoms with Gasteiger partial charge in [-0.25, -0.2) is 4.98 Å². The molecule has 2 aromatic heterocycles. The Morgan fingerprint density at radius 2 is 2.03 bits per heavy atom. The second-order valence-corrected chi connectivity index (χ2v) is 8.68. The van der Waals surface area contributed by atoms with Gasteiger partial charge in [0.2, 0.25) is 5.95 Å². The van der Waals surface area contributed by atoms with Crippen molar-refractivity contribution in [1.29, 1.82) is 0 Å². The molecule has 1 aromatic carbocycles. The van der Waals surface area contributed by atoms with Crippen LogP contribution in [0.4, 0.5) is 11.8 Å². The molecule has 29 heavy (non-hydrogen) atoms. The predicted molar refractivity (Wildman–Crippen MR) is 121 cm³/mol. The minimum atomic E-state index is -0.0186. The van der Waals surface area contributed by atoms with Crippen molar-refractivity contribution in [2.45, 2.75) is 52.0 Å². The van der Waals surface area contributed by atoms with Crippen LogP contribution in [0.2, 0.25) is 0 Å². The van der Waals surface area contributed by atoms with Gasteiger partial charge in [0.25, 0.3) is 5.91 Å². The topological polar surface area (TPSA) is 58.1 Å². The summed E-state index contributed by atoms with van der Waals surface area (Å²) in [5.41, 5.74) is 0.733. The quantitative estimate of drug-likeness (QED) is 0.565. The first-order chi connectivity index (χ1) is 14.2. The summed E-state index contributed by atoms with van der Waals surface area (Å²) in [5.74, 6) is 1.88. The second kappa shape index (κ2) is 8.91. The van der Waals surface area contributed by atoms with Crippen molar-refractivity contribution in [2.75, 3.05) is 16.8 Å². The van der Waals surface area contributed by atoms with Crippen molar-refractivity contribution in [3.63, 3.8) is 0 Å². The standard InChI is InChI=1S/C23H28N4OS/c1-3-27(22(28)19-15-29-20-12-8-7-11-18(19)20)21-13-14-24-23(26-21)25-16(2)17-9-5-4-6-10-17/h7-8,11-17H,3-6,9-10H2,1-2H3,(H,24,25,26)/t16-/m0/s1. The Morgan fingerprint density at radius 1 is 1.24 bits per heavy atom. The largest absolute Gasteiger partial charge is 0.351 e. The van der Waals surface area contributed by atoms with Crippen LogP contribution in [0.15, 0.2) is 41.9 Å². The molecule has 4 rings (SSSR count). The van der Waals surface area contributed by atoms with Crippen LogP contribution < -0.4 is 10.2 Å². The van der Waals surface area contributed by atoms with E-state index in [9.17, 15) is 4.79 Å². The van der Waals surface area contributed by atoms with E-state index in [4.69, 9.17) is 0 Å². The molecule has 1 fully saturated rings. The number of carbonyl (C=O) groups excluding carboxylic acids is 1. The number of thiophene rings is 1. The van der Waals surface area contributed by atoms with Crippen LogP contribution in [0.25, 0.3) is 10.1 Å². The van der Waals surface area contributed by atoms with Crippen molar-refractivity contribution in [2.24, 2.45) is 5.92 Å². The number of carbonyl (C=O) groups is 1. The number of rotatable bonds is 6. The number of hydrogen-bond acceptors (Lipinski definition) is 5. The maximum Gasteiger partial charge on any atom is 0.260 e. The zero-order valence-corrected chi connectivity index (χ0v) is 17.9. The van der Waals surface area contributed by atoms with E-state index < -0.39 is 0 Å². The lowest BCUT2D eigenvalue weighted by Gasteiger charge is -2.28. The zero-order valence-electron chi connectivity index (χ0n) is 17.1. The number of benzene rings is 1. The molecular formula is C23H28N4OS. The van der Waals surface area contributed by atoms with Gasteiger partial charge in [-0.2, -0.15) is 4.98 Å². The van der Waals surface area contributed by atoms with Crippen molar-refractivity contribution >= 4 is 39.1 Å². The molecule has 2 heterocycles. The molecule has 0 bridgehead atoms. The molecule has 0 unspecified atom stereocenters. The van der Waals surface area contributed by atoms with Crippen molar-refractivity contribution < 1.29 is 4.79 Å². The maximum atomic E-state index is 13.3. The van der Waals surface area contributed by atoms with E-state index in [0.717, 1.165) is 15.6 Å². The van der Waals surface area contributed by atoms with Crippen molar-refractivity contribution in [3.8, 4) is 0 Å². The Labute approximate surface area is 176 Å². The summed E-state index contributed by atoms with van der Waals surface area (Å²) in [7, 11) is 0. The minimum Gasteiger partial charge on any atom is -0.351 e. The molecule has 1 N–H and O–H groups in total. The Bertz CT molecular complexity index is 980. The summed E-state index contributed by atoms with van der Waals surface area (Å²) in [6.45, 7) is 4.75. The number of aromatic nitrogens is 2. The van der Waals surface area contributed by atoms with Gasteiger partial charge >= 0.3 is 0 Å². The van der Waals surface area contributed by atoms with Crippen molar-refractivity contribution in [3.05, 3.63) is 47.5 Å². The van der Waals surface area contributed by atoms with Crippen molar-refractivity contribution in [1.82, 2.24) is 9.97 Å². The molecule has 6 heteroatoms. The number of anilines is 2. The van der Waals surface area contributed by atoms with Crippen LogP contribution in [0, 0.1) is 5.92 Å². The third kappa shape index (κ3) is 4.27. The predicted octanol–water partition coefficient (Wildman–Crippen LogP) is 5.74. The van der Waals surface area contributed by atoms with Gasteiger partial charge in [0.15, 0.2) is 0 Å². The molecule has 0 spiro atoms. The third-order valence-electron chi connectivity index (χ3n) is 5.90. The number of nitrogens with zero attached hydrogens (tertiary/aromatic N) is 3. The summed E-state index contributed by atoms with van der Waals surface area (Å²) in [5, 5.41) is 6.42. The van der Waals surface area contributed by atoms with Crippen LogP contribution in [-0.4, -0.2) is 28.5 Å². The average molecular weight is 409 g/mol. The highest BCUT2D eigenvalue weighted by molar-refractivity contribution is 7.17. The van der Waals surface area contributed by atoms with E-state index in [1.54, 1.807) is 22.4 Å². The maximum absolute atomic E-state index is 13.3. The molecule has 0 aliphatic heterocycles. The number of fused-ring (bicyclic) bond motifs is 1. The molecule has 1 saturated carbocycles. The van der Waals surface area contributed by atoms with E-state index in [1.807, 2.05) is 42.6 Å². The summed E-state index contributed by atoms with van der Waals surface area (Å²) < 4.78 is 1.12. The van der Waals surface area contributed by atoms with Crippen LogP contribution in [0.5, 0.6) is 0 Å². The molecular weight excluding hydrogens is 380 g/mol. The van der Waals surface area contributed by atoms with Crippen LogP contribution in [0.1, 0.15) is 56.3 Å². The van der Waals surface area contributed by atoms with Gasteiger partial charge in [0.05, 0.1) is 5.56 Å². The first-order valence-corrected chi connectivity index (χ1v) is 11.4. The monoisotopic (exact) mass is 408 g/mol. The molecule has 1 atom stereocenters. The number of amides is 1. The van der Waals surface area contributed by atoms with Gasteiger partial charge in [-0.3, -0.25) is 9.69 Å². The van der Waals surface area contributed by atoms with Crippen LogP contribution >= 0.6 is 11.3 Å². The van der Waals surface area contributed by atoms with Gasteiger partial charge in [-0.05, 0) is 44.7 Å². The van der Waals surface area contributed by atoms with E-state index in [1.165, 1.54) is 32.1 Å². The summed E-state index contributed by atoms with van der Waals surface area (Å²) >= 11 is 1.60.